The molecule has 1 aromatic carbocycles. The van der Waals surface area contributed by atoms with Gasteiger partial charge in [0.05, 0.1) is 10.7 Å². The number of benzene rings is 1. The van der Waals surface area contributed by atoms with Crippen LogP contribution < -0.4 is 10.6 Å². The van der Waals surface area contributed by atoms with Crippen molar-refractivity contribution in [2.24, 2.45) is 0 Å². The molecule has 0 aliphatic heterocycles. The quantitative estimate of drug-likeness (QED) is 0.694. The van der Waals surface area contributed by atoms with Crippen molar-refractivity contribution in [3.8, 4) is 0 Å². The van der Waals surface area contributed by atoms with E-state index in [4.69, 9.17) is 11.6 Å². The minimum Gasteiger partial charge on any atom is -0.347 e. The van der Waals surface area contributed by atoms with E-state index in [0.717, 1.165) is 22.4 Å². The second kappa shape index (κ2) is 8.14. The van der Waals surface area contributed by atoms with Crippen molar-refractivity contribution in [1.82, 2.24) is 20.3 Å². The summed E-state index contributed by atoms with van der Waals surface area (Å²) in [7, 11) is 0. The van der Waals surface area contributed by atoms with Crippen LogP contribution in [0.1, 0.15) is 32.9 Å². The molecule has 138 valence electrons. The highest BCUT2D eigenvalue weighted by molar-refractivity contribution is 6.33. The molecule has 6 nitrogen and oxygen atoms in total. The van der Waals surface area contributed by atoms with Crippen molar-refractivity contribution in [3.63, 3.8) is 0 Å². The first-order chi connectivity index (χ1) is 12.9. The molecule has 7 heteroatoms. The monoisotopic (exact) mass is 381 g/mol. The standard InChI is InChI=1S/C20H20ClN5O/c1-12-7-13(2)18(16(21)8-12)26-20-24-14(3)9-17(25-20)19(27)23-11-15-5-4-6-22-10-15/h4-10H,11H2,1-3H3,(H,23,27)(H,24,25,26). The van der Waals surface area contributed by atoms with Gasteiger partial charge in [0.15, 0.2) is 0 Å². The van der Waals surface area contributed by atoms with Gasteiger partial charge in [-0.15, -0.1) is 0 Å². The molecule has 0 saturated heterocycles. The number of hydrogen-bond acceptors (Lipinski definition) is 5. The number of carbonyl (C=O) groups excluding carboxylic acids is 1. The lowest BCUT2D eigenvalue weighted by atomic mass is 10.1. The molecule has 0 radical (unpaired) electrons. The van der Waals surface area contributed by atoms with Gasteiger partial charge in [0.25, 0.3) is 5.91 Å². The molecule has 0 fully saturated rings. The average Bonchev–Trinajstić information content (AvgIpc) is 2.63. The van der Waals surface area contributed by atoms with Gasteiger partial charge in [-0.1, -0.05) is 23.7 Å². The number of nitrogens with one attached hydrogen (secondary N) is 2. The molecule has 3 rings (SSSR count). The van der Waals surface area contributed by atoms with E-state index in [1.165, 1.54) is 0 Å². The van der Waals surface area contributed by atoms with Gasteiger partial charge in [0, 0.05) is 24.6 Å². The maximum absolute atomic E-state index is 12.5. The summed E-state index contributed by atoms with van der Waals surface area (Å²) in [6, 6.07) is 9.26. The van der Waals surface area contributed by atoms with Crippen molar-refractivity contribution in [1.29, 1.82) is 0 Å². The summed E-state index contributed by atoms with van der Waals surface area (Å²) >= 11 is 6.34. The Labute approximate surface area is 163 Å². The van der Waals surface area contributed by atoms with E-state index in [2.05, 4.69) is 25.6 Å². The largest absolute Gasteiger partial charge is 0.347 e. The van der Waals surface area contributed by atoms with E-state index in [1.54, 1.807) is 18.5 Å². The minimum atomic E-state index is -0.279. The Kier molecular flexibility index (Phi) is 5.66. The molecule has 3 aromatic rings. The van der Waals surface area contributed by atoms with E-state index in [9.17, 15) is 4.79 Å². The number of aryl methyl sites for hydroxylation is 3. The molecule has 0 aliphatic carbocycles. The molecular weight excluding hydrogens is 362 g/mol. The number of carbonyl (C=O) groups is 1. The average molecular weight is 382 g/mol. The Bertz CT molecular complexity index is 952. The van der Waals surface area contributed by atoms with E-state index >= 15 is 0 Å². The van der Waals surface area contributed by atoms with Gasteiger partial charge >= 0.3 is 0 Å². The van der Waals surface area contributed by atoms with Crippen LogP contribution in [0.4, 0.5) is 11.6 Å². The molecule has 0 saturated carbocycles. The minimum absolute atomic E-state index is 0.279. The second-order valence-corrected chi connectivity index (χ2v) is 6.73. The van der Waals surface area contributed by atoms with Crippen molar-refractivity contribution < 1.29 is 4.79 Å². The Hall–Kier alpha value is -2.99. The van der Waals surface area contributed by atoms with Crippen LogP contribution in [0, 0.1) is 20.8 Å². The van der Waals surface area contributed by atoms with Gasteiger partial charge in [-0.2, -0.15) is 0 Å². The van der Waals surface area contributed by atoms with Crippen LogP contribution >= 0.6 is 11.6 Å². The predicted molar refractivity (Wildman–Crippen MR) is 106 cm³/mol. The summed E-state index contributed by atoms with van der Waals surface area (Å²) in [4.78, 5) is 25.2. The van der Waals surface area contributed by atoms with Crippen molar-refractivity contribution in [2.45, 2.75) is 27.3 Å². The number of rotatable bonds is 5. The molecule has 0 atom stereocenters. The van der Waals surface area contributed by atoms with Gasteiger partial charge in [-0.05, 0) is 55.7 Å². The topological polar surface area (TPSA) is 79.8 Å². The first-order valence-electron chi connectivity index (χ1n) is 8.49. The van der Waals surface area contributed by atoms with Crippen LogP contribution in [0.15, 0.2) is 42.7 Å². The Morgan fingerprint density at radius 2 is 1.96 bits per heavy atom. The molecule has 27 heavy (non-hydrogen) atoms. The highest BCUT2D eigenvalue weighted by Gasteiger charge is 2.13. The summed E-state index contributed by atoms with van der Waals surface area (Å²) in [5.74, 6) is 0.0505. The van der Waals surface area contributed by atoms with Crippen LogP contribution in [-0.4, -0.2) is 20.9 Å². The zero-order chi connectivity index (χ0) is 19.4. The number of nitrogens with zero attached hydrogens (tertiary/aromatic N) is 3. The fourth-order valence-electron chi connectivity index (χ4n) is 2.70. The fraction of sp³-hybridized carbons (Fsp3) is 0.200. The summed E-state index contributed by atoms with van der Waals surface area (Å²) in [6.07, 6.45) is 3.40. The number of anilines is 2. The summed E-state index contributed by atoms with van der Waals surface area (Å²) < 4.78 is 0. The Morgan fingerprint density at radius 1 is 1.15 bits per heavy atom. The van der Waals surface area contributed by atoms with Crippen molar-refractivity contribution >= 4 is 29.1 Å². The van der Waals surface area contributed by atoms with E-state index in [-0.39, 0.29) is 11.6 Å². The lowest BCUT2D eigenvalue weighted by Crippen LogP contribution is -2.24. The molecule has 2 aromatic heterocycles. The van der Waals surface area contributed by atoms with Crippen LogP contribution in [-0.2, 0) is 6.54 Å². The zero-order valence-electron chi connectivity index (χ0n) is 15.4. The fourth-order valence-corrected chi connectivity index (χ4v) is 3.07. The van der Waals surface area contributed by atoms with Gasteiger partial charge in [0.2, 0.25) is 5.95 Å². The maximum atomic E-state index is 12.5. The third kappa shape index (κ3) is 4.80. The number of halogens is 1. The first-order valence-corrected chi connectivity index (χ1v) is 8.87. The van der Waals surface area contributed by atoms with Gasteiger partial charge in [-0.3, -0.25) is 9.78 Å². The van der Waals surface area contributed by atoms with E-state index < -0.39 is 0 Å². The lowest BCUT2D eigenvalue weighted by molar-refractivity contribution is 0.0945. The third-order valence-corrected chi connectivity index (χ3v) is 4.23. The van der Waals surface area contributed by atoms with Crippen molar-refractivity contribution in [2.75, 3.05) is 5.32 Å². The number of amides is 1. The van der Waals surface area contributed by atoms with Gasteiger partial charge in [-0.25, -0.2) is 9.97 Å². The van der Waals surface area contributed by atoms with Gasteiger partial charge in [0.1, 0.15) is 5.69 Å². The molecule has 1 amide bonds. The van der Waals surface area contributed by atoms with Crippen LogP contribution in [0.3, 0.4) is 0 Å². The summed E-state index contributed by atoms with van der Waals surface area (Å²) in [6.45, 7) is 6.13. The molecule has 0 bridgehead atoms. The van der Waals surface area contributed by atoms with Crippen LogP contribution in [0.5, 0.6) is 0 Å². The van der Waals surface area contributed by atoms with E-state index in [0.29, 0.717) is 23.2 Å². The number of aromatic nitrogens is 3. The van der Waals surface area contributed by atoms with Gasteiger partial charge < -0.3 is 10.6 Å². The molecule has 0 spiro atoms. The molecular formula is C20H20ClN5O. The number of pyridine rings is 1. The highest BCUT2D eigenvalue weighted by atomic mass is 35.5. The maximum Gasteiger partial charge on any atom is 0.270 e. The smallest absolute Gasteiger partial charge is 0.270 e. The highest BCUT2D eigenvalue weighted by Crippen LogP contribution is 2.29. The predicted octanol–water partition coefficient (Wildman–Crippen LogP) is 4.12. The first kappa shape index (κ1) is 18.8. The van der Waals surface area contributed by atoms with Crippen LogP contribution in [0.2, 0.25) is 5.02 Å². The normalized spacial score (nSPS) is 10.5. The summed E-state index contributed by atoms with van der Waals surface area (Å²) in [5, 5.41) is 6.56. The van der Waals surface area contributed by atoms with Crippen LogP contribution in [0.25, 0.3) is 0 Å². The van der Waals surface area contributed by atoms with E-state index in [1.807, 2.05) is 45.0 Å². The molecule has 2 heterocycles. The number of hydrogen-bond donors (Lipinski definition) is 2. The second-order valence-electron chi connectivity index (χ2n) is 6.33. The summed E-state index contributed by atoms with van der Waals surface area (Å²) in [5.41, 5.74) is 4.66. The zero-order valence-corrected chi connectivity index (χ0v) is 16.1. The molecule has 0 unspecified atom stereocenters. The SMILES string of the molecule is Cc1cc(C)c(Nc2nc(C)cc(C(=O)NCc3cccnc3)n2)c(Cl)c1. The molecule has 0 aliphatic rings. The Morgan fingerprint density at radius 3 is 2.67 bits per heavy atom. The lowest BCUT2D eigenvalue weighted by Gasteiger charge is -2.13. The molecule has 2 N–H and O–H groups in total. The Balaban J connectivity index is 1.79. The third-order valence-electron chi connectivity index (χ3n) is 3.93. The van der Waals surface area contributed by atoms with Crippen molar-refractivity contribution in [3.05, 3.63) is 75.8 Å².